The van der Waals surface area contributed by atoms with Gasteiger partial charge in [0.2, 0.25) is 0 Å². The van der Waals surface area contributed by atoms with Crippen molar-refractivity contribution in [2.45, 2.75) is 309 Å². The Bertz CT molecular complexity index is 1720. The number of unbranched alkanes of at least 4 members (excludes halogenated alkanes) is 27. The third kappa shape index (κ3) is 66.2. The number of ether oxygens (including phenoxy) is 3. The number of esters is 3. The average Bonchev–Trinajstić information content (AvgIpc) is 3.47. The maximum absolute atomic E-state index is 12.9. The van der Waals surface area contributed by atoms with Crippen LogP contribution in [-0.2, 0) is 28.6 Å². The summed E-state index contributed by atoms with van der Waals surface area (Å²) < 4.78 is 16.9. The SMILES string of the molecule is CC/C=C\C/C=C\C/C=C\C/C=C\CCCCCCCCCCCCCCCCCCCCC(=O)OCC(COC(=O)CCCC/C=C\C/C=C\C/C=C\C/C=C\CC)OC(=O)CCCCCCCCC/C=C\C/C=C\C/C=C\CC. The second-order valence-electron chi connectivity index (χ2n) is 21.9. The van der Waals surface area contributed by atoms with Crippen LogP contribution in [0.15, 0.2) is 134 Å². The smallest absolute Gasteiger partial charge is 0.306 e. The number of hydrogen-bond acceptors (Lipinski definition) is 6. The molecule has 0 saturated carbocycles. The van der Waals surface area contributed by atoms with E-state index in [4.69, 9.17) is 14.2 Å². The molecule has 6 nitrogen and oxygen atoms in total. The summed E-state index contributed by atoms with van der Waals surface area (Å²) in [5.74, 6) is -0.943. The molecule has 0 aliphatic heterocycles. The first kappa shape index (κ1) is 76.5. The van der Waals surface area contributed by atoms with Gasteiger partial charge in [-0.3, -0.25) is 14.4 Å². The molecule has 0 aromatic heterocycles. The van der Waals surface area contributed by atoms with Gasteiger partial charge in [0.25, 0.3) is 0 Å². The van der Waals surface area contributed by atoms with Crippen LogP contribution in [0, 0.1) is 0 Å². The maximum Gasteiger partial charge on any atom is 0.306 e. The van der Waals surface area contributed by atoms with E-state index in [1.165, 1.54) is 128 Å². The summed E-state index contributed by atoms with van der Waals surface area (Å²) in [4.78, 5) is 38.3. The predicted molar refractivity (Wildman–Crippen MR) is 353 cm³/mol. The fourth-order valence-electron chi connectivity index (χ4n) is 9.21. The molecular formula is C75H124O6. The van der Waals surface area contributed by atoms with Crippen LogP contribution in [0.3, 0.4) is 0 Å². The van der Waals surface area contributed by atoms with Crippen molar-refractivity contribution in [2.75, 3.05) is 13.2 Å². The fraction of sp³-hybridized carbons (Fsp3) is 0.667. The molecule has 0 aromatic rings. The van der Waals surface area contributed by atoms with E-state index in [9.17, 15) is 14.4 Å². The van der Waals surface area contributed by atoms with Gasteiger partial charge in [0.1, 0.15) is 13.2 Å². The molecule has 0 heterocycles. The molecule has 0 aromatic carbocycles. The van der Waals surface area contributed by atoms with Gasteiger partial charge in [-0.15, -0.1) is 0 Å². The summed E-state index contributed by atoms with van der Waals surface area (Å²) in [6, 6.07) is 0. The largest absolute Gasteiger partial charge is 0.462 e. The molecule has 460 valence electrons. The van der Waals surface area contributed by atoms with Crippen molar-refractivity contribution in [3.05, 3.63) is 134 Å². The maximum atomic E-state index is 12.9. The summed E-state index contributed by atoms with van der Waals surface area (Å²) in [6.07, 6.45) is 96.2. The van der Waals surface area contributed by atoms with E-state index in [0.717, 1.165) is 135 Å². The molecule has 0 N–H and O–H groups in total. The summed E-state index contributed by atoms with van der Waals surface area (Å²) in [7, 11) is 0. The van der Waals surface area contributed by atoms with Crippen LogP contribution >= 0.6 is 0 Å². The number of allylic oxidation sites excluding steroid dienone is 22. The first-order valence-corrected chi connectivity index (χ1v) is 33.7. The van der Waals surface area contributed by atoms with Gasteiger partial charge >= 0.3 is 17.9 Å². The van der Waals surface area contributed by atoms with Crippen LogP contribution < -0.4 is 0 Å². The Morgan fingerprint density at radius 3 is 0.716 bits per heavy atom. The molecule has 0 bridgehead atoms. The van der Waals surface area contributed by atoms with Crippen LogP contribution in [0.4, 0.5) is 0 Å². The highest BCUT2D eigenvalue weighted by Gasteiger charge is 2.19. The fourth-order valence-corrected chi connectivity index (χ4v) is 9.21. The van der Waals surface area contributed by atoms with Crippen LogP contribution in [-0.4, -0.2) is 37.2 Å². The third-order valence-corrected chi connectivity index (χ3v) is 14.1. The summed E-state index contributed by atoms with van der Waals surface area (Å²) in [6.45, 7) is 6.28. The Balaban J connectivity index is 4.27. The minimum absolute atomic E-state index is 0.0964. The minimum Gasteiger partial charge on any atom is -0.462 e. The molecule has 81 heavy (non-hydrogen) atoms. The van der Waals surface area contributed by atoms with E-state index in [2.05, 4.69) is 154 Å². The lowest BCUT2D eigenvalue weighted by molar-refractivity contribution is -0.167. The molecule has 0 rings (SSSR count). The topological polar surface area (TPSA) is 78.9 Å². The van der Waals surface area contributed by atoms with Crippen molar-refractivity contribution >= 4 is 17.9 Å². The van der Waals surface area contributed by atoms with E-state index in [1.807, 2.05) is 0 Å². The van der Waals surface area contributed by atoms with Crippen LogP contribution in [0.5, 0.6) is 0 Å². The lowest BCUT2D eigenvalue weighted by Crippen LogP contribution is -2.30. The lowest BCUT2D eigenvalue weighted by atomic mass is 10.0. The summed E-state index contributed by atoms with van der Waals surface area (Å²) in [5, 5.41) is 0. The highest BCUT2D eigenvalue weighted by atomic mass is 16.6. The molecule has 1 atom stereocenters. The van der Waals surface area contributed by atoms with Gasteiger partial charge in [-0.05, 0) is 128 Å². The Morgan fingerprint density at radius 1 is 0.247 bits per heavy atom. The first-order valence-electron chi connectivity index (χ1n) is 33.7. The van der Waals surface area contributed by atoms with Crippen LogP contribution in [0.2, 0.25) is 0 Å². The van der Waals surface area contributed by atoms with Crippen molar-refractivity contribution in [3.63, 3.8) is 0 Å². The van der Waals surface area contributed by atoms with Crippen LogP contribution in [0.1, 0.15) is 303 Å². The summed E-state index contributed by atoms with van der Waals surface area (Å²) >= 11 is 0. The summed E-state index contributed by atoms with van der Waals surface area (Å²) in [5.41, 5.74) is 0. The third-order valence-electron chi connectivity index (χ3n) is 14.1. The molecule has 0 aliphatic rings. The molecule has 0 spiro atoms. The zero-order valence-electron chi connectivity index (χ0n) is 52.8. The Kier molecular flexibility index (Phi) is 64.3. The number of hydrogen-bond donors (Lipinski definition) is 0. The van der Waals surface area contributed by atoms with Crippen molar-refractivity contribution in [3.8, 4) is 0 Å². The zero-order chi connectivity index (χ0) is 58.5. The standard InChI is InChI=1S/C75H124O6/c1-4-7-10-13-16-19-22-25-28-30-31-32-33-34-35-36-37-38-39-40-41-42-43-45-47-50-53-56-59-62-65-68-74(77)80-71-72(70-79-73(76)67-64-61-58-55-52-49-46-27-24-21-18-15-12-9-6-3)81-75(78)69-66-63-60-57-54-51-48-44-29-26-23-20-17-14-11-8-5-2/h7-12,16-21,25-29,31-32,46,52,55,72H,4-6,13-15,22-24,30,33-45,47-51,53-54,56-71H2,1-3H3/b10-7-,11-8-,12-9-,19-16-,20-17-,21-18-,28-25-,29-26-,32-31-,46-27-,55-52-. The van der Waals surface area contributed by atoms with Gasteiger partial charge in [-0.25, -0.2) is 0 Å². The molecule has 0 saturated heterocycles. The quantitative estimate of drug-likeness (QED) is 0.0261. The van der Waals surface area contributed by atoms with Crippen LogP contribution in [0.25, 0.3) is 0 Å². The highest BCUT2D eigenvalue weighted by Crippen LogP contribution is 2.17. The Hall–Kier alpha value is -4.45. The molecule has 1 unspecified atom stereocenters. The van der Waals surface area contributed by atoms with Gasteiger partial charge in [-0.2, -0.15) is 0 Å². The van der Waals surface area contributed by atoms with E-state index >= 15 is 0 Å². The van der Waals surface area contributed by atoms with Gasteiger partial charge < -0.3 is 14.2 Å². The average molecular weight is 1120 g/mol. The lowest BCUT2D eigenvalue weighted by Gasteiger charge is -2.18. The minimum atomic E-state index is -0.805. The van der Waals surface area contributed by atoms with Crippen molar-refractivity contribution in [1.82, 2.24) is 0 Å². The van der Waals surface area contributed by atoms with E-state index in [1.54, 1.807) is 0 Å². The number of carbonyl (C=O) groups is 3. The molecule has 0 amide bonds. The molecule has 0 aliphatic carbocycles. The number of carbonyl (C=O) groups excluding carboxylic acids is 3. The Labute approximate surface area is 500 Å². The van der Waals surface area contributed by atoms with E-state index < -0.39 is 6.10 Å². The van der Waals surface area contributed by atoms with Crippen molar-refractivity contribution in [1.29, 1.82) is 0 Å². The molecular weight excluding hydrogens is 997 g/mol. The van der Waals surface area contributed by atoms with Crippen molar-refractivity contribution in [2.24, 2.45) is 0 Å². The first-order chi connectivity index (χ1) is 40.0. The number of rotatable bonds is 60. The van der Waals surface area contributed by atoms with Gasteiger partial charge in [0, 0.05) is 19.3 Å². The highest BCUT2D eigenvalue weighted by molar-refractivity contribution is 5.71. The Morgan fingerprint density at radius 2 is 0.444 bits per heavy atom. The van der Waals surface area contributed by atoms with Crippen molar-refractivity contribution < 1.29 is 28.6 Å². The molecule has 0 fully saturated rings. The zero-order valence-corrected chi connectivity index (χ0v) is 52.8. The second-order valence-corrected chi connectivity index (χ2v) is 21.9. The molecule has 6 heteroatoms. The van der Waals surface area contributed by atoms with Gasteiger partial charge in [0.05, 0.1) is 0 Å². The second kappa shape index (κ2) is 68.1. The predicted octanol–water partition coefficient (Wildman–Crippen LogP) is 23.3. The van der Waals surface area contributed by atoms with E-state index in [0.29, 0.717) is 19.3 Å². The normalized spacial score (nSPS) is 13.0. The molecule has 0 radical (unpaired) electrons. The monoisotopic (exact) mass is 1120 g/mol. The van der Waals surface area contributed by atoms with Gasteiger partial charge in [-0.1, -0.05) is 289 Å². The van der Waals surface area contributed by atoms with E-state index in [-0.39, 0.29) is 31.1 Å². The van der Waals surface area contributed by atoms with Gasteiger partial charge in [0.15, 0.2) is 6.10 Å².